The normalized spacial score (nSPS) is 17.7. The van der Waals surface area contributed by atoms with Gasteiger partial charge in [0.1, 0.15) is 5.75 Å². The lowest BCUT2D eigenvalue weighted by Gasteiger charge is -2.13. The lowest BCUT2D eigenvalue weighted by molar-refractivity contribution is 0.469. The first kappa shape index (κ1) is 12.3. The monoisotopic (exact) mass is 247 g/mol. The molecule has 0 saturated carbocycles. The summed E-state index contributed by atoms with van der Waals surface area (Å²) in [6, 6.07) is 6.18. The van der Waals surface area contributed by atoms with E-state index in [0.29, 0.717) is 11.8 Å². The zero-order chi connectivity index (χ0) is 12.1. The molecule has 0 saturated heterocycles. The van der Waals surface area contributed by atoms with E-state index in [4.69, 9.17) is 6.42 Å². The zero-order valence-corrected chi connectivity index (χ0v) is 10.6. The van der Waals surface area contributed by atoms with Crippen molar-refractivity contribution < 1.29 is 5.11 Å². The van der Waals surface area contributed by atoms with Crippen molar-refractivity contribution in [2.24, 2.45) is 0 Å². The maximum Gasteiger partial charge on any atom is 0.119 e. The molecule has 1 aliphatic carbocycles. The van der Waals surface area contributed by atoms with Gasteiger partial charge in [-0.25, -0.2) is 0 Å². The van der Waals surface area contributed by atoms with Gasteiger partial charge in [-0.15, -0.1) is 18.2 Å². The molecule has 1 unspecified atom stereocenters. The quantitative estimate of drug-likeness (QED) is 0.619. The van der Waals surface area contributed by atoms with Crippen LogP contribution in [0.25, 0.3) is 0 Å². The summed E-state index contributed by atoms with van der Waals surface area (Å²) in [5.74, 6) is 4.88. The Bertz CT molecular complexity index is 425. The molecule has 0 aliphatic heterocycles. The maximum absolute atomic E-state index is 9.74. The van der Waals surface area contributed by atoms with Crippen LogP contribution >= 0.6 is 11.8 Å². The molecule has 1 aliphatic rings. The predicted octanol–water partition coefficient (Wildman–Crippen LogP) is 2.34. The summed E-state index contributed by atoms with van der Waals surface area (Å²) in [6.07, 6.45) is 7.24. The van der Waals surface area contributed by atoms with E-state index >= 15 is 0 Å². The largest absolute Gasteiger partial charge is 0.508 e. The van der Waals surface area contributed by atoms with Crippen molar-refractivity contribution in [2.45, 2.75) is 18.9 Å². The number of hydrogen-bond donors (Lipinski definition) is 2. The Morgan fingerprint density at radius 3 is 3.24 bits per heavy atom. The summed E-state index contributed by atoms with van der Waals surface area (Å²) in [6.45, 7) is 0.964. The molecule has 2 N–H and O–H groups in total. The molecule has 0 radical (unpaired) electrons. The molecule has 0 bridgehead atoms. The number of aromatic hydroxyl groups is 1. The van der Waals surface area contributed by atoms with E-state index in [1.165, 1.54) is 5.56 Å². The van der Waals surface area contributed by atoms with Gasteiger partial charge in [-0.1, -0.05) is 18.1 Å². The first-order valence-corrected chi connectivity index (χ1v) is 7.03. The van der Waals surface area contributed by atoms with Gasteiger partial charge >= 0.3 is 0 Å². The van der Waals surface area contributed by atoms with E-state index in [-0.39, 0.29) is 0 Å². The highest BCUT2D eigenvalue weighted by Gasteiger charge is 2.23. The number of nitrogens with one attached hydrogen (secondary N) is 1. The Morgan fingerprint density at radius 1 is 1.53 bits per heavy atom. The third-order valence-electron chi connectivity index (χ3n) is 3.07. The lowest BCUT2D eigenvalue weighted by Crippen LogP contribution is -2.21. The third-order valence-corrected chi connectivity index (χ3v) is 3.93. The molecule has 2 rings (SSSR count). The van der Waals surface area contributed by atoms with Gasteiger partial charge in [0.25, 0.3) is 0 Å². The average Bonchev–Trinajstić information content (AvgIpc) is 2.74. The lowest BCUT2D eigenvalue weighted by atomic mass is 10.1. The fourth-order valence-electron chi connectivity index (χ4n) is 2.28. The molecule has 0 aromatic heterocycles. The Hall–Kier alpha value is -1.11. The second-order valence-electron chi connectivity index (χ2n) is 4.15. The van der Waals surface area contributed by atoms with Crippen LogP contribution in [0, 0.1) is 12.3 Å². The number of phenolic OH excluding ortho intramolecular Hbond substituents is 1. The van der Waals surface area contributed by atoms with E-state index in [2.05, 4.69) is 17.3 Å². The standard InChI is InChI=1S/C14H17NOS/c1-2-9-17-10-8-15-13-7-6-12-11(13)4-3-5-14(12)16/h1,3-5,13,15-16H,6-10H2. The van der Waals surface area contributed by atoms with Crippen LogP contribution in [0.4, 0.5) is 0 Å². The highest BCUT2D eigenvalue weighted by molar-refractivity contribution is 7.99. The summed E-state index contributed by atoms with van der Waals surface area (Å²) in [4.78, 5) is 0. The molecule has 0 fully saturated rings. The van der Waals surface area contributed by atoms with Gasteiger partial charge in [-0.05, 0) is 30.0 Å². The van der Waals surface area contributed by atoms with Crippen molar-refractivity contribution in [1.82, 2.24) is 5.32 Å². The van der Waals surface area contributed by atoms with Crippen LogP contribution in [0.15, 0.2) is 18.2 Å². The molecule has 1 aromatic rings. The van der Waals surface area contributed by atoms with Gasteiger partial charge in [-0.2, -0.15) is 0 Å². The van der Waals surface area contributed by atoms with Gasteiger partial charge in [0.15, 0.2) is 0 Å². The average molecular weight is 247 g/mol. The number of thioether (sulfide) groups is 1. The predicted molar refractivity (Wildman–Crippen MR) is 73.3 cm³/mol. The second kappa shape index (κ2) is 6.00. The van der Waals surface area contributed by atoms with Crippen molar-refractivity contribution in [3.8, 4) is 18.1 Å². The number of terminal acetylenes is 1. The van der Waals surface area contributed by atoms with Gasteiger partial charge in [0.2, 0.25) is 0 Å². The Kier molecular flexibility index (Phi) is 4.36. The van der Waals surface area contributed by atoms with Crippen molar-refractivity contribution >= 4 is 11.8 Å². The Morgan fingerprint density at radius 2 is 2.41 bits per heavy atom. The molecular formula is C14H17NOS. The van der Waals surface area contributed by atoms with Crippen LogP contribution in [0.3, 0.4) is 0 Å². The molecule has 0 spiro atoms. The molecular weight excluding hydrogens is 230 g/mol. The van der Waals surface area contributed by atoms with Crippen LogP contribution in [-0.4, -0.2) is 23.2 Å². The van der Waals surface area contributed by atoms with Gasteiger partial charge in [0, 0.05) is 18.3 Å². The van der Waals surface area contributed by atoms with Crippen LogP contribution in [-0.2, 0) is 6.42 Å². The highest BCUT2D eigenvalue weighted by Crippen LogP contribution is 2.36. The number of benzene rings is 1. The summed E-state index contributed by atoms with van der Waals surface area (Å²) in [5.41, 5.74) is 2.37. The minimum atomic E-state index is 0.392. The van der Waals surface area contributed by atoms with Crippen molar-refractivity contribution in [3.05, 3.63) is 29.3 Å². The topological polar surface area (TPSA) is 32.3 Å². The fourth-order valence-corrected chi connectivity index (χ4v) is 2.81. The van der Waals surface area contributed by atoms with E-state index < -0.39 is 0 Å². The van der Waals surface area contributed by atoms with Crippen molar-refractivity contribution in [2.75, 3.05) is 18.1 Å². The molecule has 3 heteroatoms. The summed E-state index contributed by atoms with van der Waals surface area (Å²) < 4.78 is 0. The van der Waals surface area contributed by atoms with Crippen molar-refractivity contribution in [3.63, 3.8) is 0 Å². The van der Waals surface area contributed by atoms with Crippen LogP contribution in [0.5, 0.6) is 5.75 Å². The molecule has 90 valence electrons. The summed E-state index contributed by atoms with van der Waals surface area (Å²) in [7, 11) is 0. The summed E-state index contributed by atoms with van der Waals surface area (Å²) in [5, 5.41) is 13.3. The van der Waals surface area contributed by atoms with Gasteiger partial charge < -0.3 is 10.4 Å². The second-order valence-corrected chi connectivity index (χ2v) is 5.25. The Labute approximate surface area is 107 Å². The first-order valence-electron chi connectivity index (χ1n) is 5.88. The van der Waals surface area contributed by atoms with Crippen LogP contribution in [0.2, 0.25) is 0 Å². The highest BCUT2D eigenvalue weighted by atomic mass is 32.2. The third kappa shape index (κ3) is 2.96. The van der Waals surface area contributed by atoms with Crippen LogP contribution in [0.1, 0.15) is 23.6 Å². The maximum atomic E-state index is 9.74. The minimum absolute atomic E-state index is 0.392. The fraction of sp³-hybridized carbons (Fsp3) is 0.429. The molecule has 17 heavy (non-hydrogen) atoms. The molecule has 2 nitrogen and oxygen atoms in total. The first-order chi connectivity index (χ1) is 8.33. The number of phenols is 1. The van der Waals surface area contributed by atoms with E-state index in [0.717, 1.165) is 36.5 Å². The molecule has 0 heterocycles. The van der Waals surface area contributed by atoms with Crippen molar-refractivity contribution in [1.29, 1.82) is 0 Å². The minimum Gasteiger partial charge on any atom is -0.508 e. The summed E-state index contributed by atoms with van der Waals surface area (Å²) >= 11 is 1.77. The molecule has 1 aromatic carbocycles. The van der Waals surface area contributed by atoms with E-state index in [1.807, 2.05) is 6.07 Å². The zero-order valence-electron chi connectivity index (χ0n) is 9.78. The number of fused-ring (bicyclic) bond motifs is 1. The van der Waals surface area contributed by atoms with E-state index in [1.54, 1.807) is 17.8 Å². The number of rotatable bonds is 5. The van der Waals surface area contributed by atoms with Gasteiger partial charge in [0.05, 0.1) is 5.75 Å². The smallest absolute Gasteiger partial charge is 0.119 e. The molecule has 0 amide bonds. The van der Waals surface area contributed by atoms with Crippen LogP contribution < -0.4 is 5.32 Å². The Balaban J connectivity index is 1.86. The SMILES string of the molecule is C#CCSCCNC1CCc2c(O)cccc21. The van der Waals surface area contributed by atoms with Gasteiger partial charge in [-0.3, -0.25) is 0 Å². The molecule has 1 atom stereocenters. The number of hydrogen-bond acceptors (Lipinski definition) is 3. The van der Waals surface area contributed by atoms with E-state index in [9.17, 15) is 5.11 Å².